The van der Waals surface area contributed by atoms with Crippen LogP contribution in [0.2, 0.25) is 0 Å². The van der Waals surface area contributed by atoms with Crippen LogP contribution in [0.25, 0.3) is 0 Å². The lowest BCUT2D eigenvalue weighted by molar-refractivity contribution is -0.118. The average molecular weight is 315 g/mol. The summed E-state index contributed by atoms with van der Waals surface area (Å²) in [6, 6.07) is 6.67. The molecule has 1 amide bonds. The van der Waals surface area contributed by atoms with Gasteiger partial charge in [0, 0.05) is 11.4 Å². The first-order valence-electron chi connectivity index (χ1n) is 8.50. The van der Waals surface area contributed by atoms with Gasteiger partial charge in [-0.15, -0.1) is 11.8 Å². The van der Waals surface area contributed by atoms with Crippen LogP contribution in [0, 0.1) is 0 Å². The number of nitrogens with one attached hydrogen (secondary N) is 1. The molecule has 0 aromatic heterocycles. The summed E-state index contributed by atoms with van der Waals surface area (Å²) in [6.45, 7) is 0.787. The predicted octanol–water partition coefficient (Wildman–Crippen LogP) is 4.27. The number of amides is 1. The Morgan fingerprint density at radius 1 is 1.09 bits per heavy atom. The fourth-order valence-corrected chi connectivity index (χ4v) is 4.12. The van der Waals surface area contributed by atoms with Gasteiger partial charge < -0.3 is 5.32 Å². The molecule has 0 atom stereocenters. The van der Waals surface area contributed by atoms with Gasteiger partial charge in [0.15, 0.2) is 0 Å². The van der Waals surface area contributed by atoms with Gasteiger partial charge in [-0.25, -0.2) is 0 Å². The molecule has 0 radical (unpaired) electrons. The summed E-state index contributed by atoms with van der Waals surface area (Å²) >= 11 is 1.65. The van der Waals surface area contributed by atoms with Gasteiger partial charge in [-0.2, -0.15) is 0 Å². The van der Waals surface area contributed by atoms with Crippen molar-refractivity contribution in [2.45, 2.75) is 56.3 Å². The van der Waals surface area contributed by atoms with Crippen LogP contribution in [0.3, 0.4) is 0 Å². The molecule has 1 N–H and O–H groups in total. The van der Waals surface area contributed by atoms with Crippen molar-refractivity contribution in [3.63, 3.8) is 0 Å². The smallest absolute Gasteiger partial charge is 0.230 e. The summed E-state index contributed by atoms with van der Waals surface area (Å²) in [5, 5.41) is 3.05. The lowest BCUT2D eigenvalue weighted by Crippen LogP contribution is -2.26. The van der Waals surface area contributed by atoms with E-state index in [4.69, 9.17) is 0 Å². The van der Waals surface area contributed by atoms with E-state index in [-0.39, 0.29) is 5.91 Å². The number of benzene rings is 1. The number of aryl methyl sites for hydroxylation is 2. The van der Waals surface area contributed by atoms with Gasteiger partial charge >= 0.3 is 0 Å². The standard InChI is InChI=1S/C19H25NOS/c21-19(20-12-11-15-5-2-1-3-6-15)14-22-18-10-9-16-7-4-8-17(16)13-18/h5,9-10,13H,1-4,6-8,11-12,14H2,(H,20,21). The third-order valence-corrected chi connectivity index (χ3v) is 5.59. The number of hydrogen-bond donors (Lipinski definition) is 1. The Balaban J connectivity index is 1.38. The fourth-order valence-electron chi connectivity index (χ4n) is 3.33. The van der Waals surface area contributed by atoms with Crippen molar-refractivity contribution in [1.29, 1.82) is 0 Å². The van der Waals surface area contributed by atoms with Crippen LogP contribution in [0.5, 0.6) is 0 Å². The molecule has 2 aliphatic carbocycles. The minimum atomic E-state index is 0.155. The zero-order valence-corrected chi connectivity index (χ0v) is 14.0. The summed E-state index contributed by atoms with van der Waals surface area (Å²) in [5.74, 6) is 0.680. The first-order valence-corrected chi connectivity index (χ1v) is 9.49. The highest BCUT2D eigenvalue weighted by atomic mass is 32.2. The zero-order valence-electron chi connectivity index (χ0n) is 13.2. The van der Waals surface area contributed by atoms with Crippen LogP contribution < -0.4 is 5.32 Å². The Morgan fingerprint density at radius 3 is 2.86 bits per heavy atom. The van der Waals surface area contributed by atoms with Crippen LogP contribution in [-0.4, -0.2) is 18.2 Å². The molecule has 0 spiro atoms. The van der Waals surface area contributed by atoms with E-state index in [1.807, 2.05) is 0 Å². The van der Waals surface area contributed by atoms with E-state index in [0.717, 1.165) is 13.0 Å². The molecule has 0 saturated carbocycles. The lowest BCUT2D eigenvalue weighted by Gasteiger charge is -2.13. The molecule has 0 aliphatic heterocycles. The number of carbonyl (C=O) groups is 1. The molecule has 2 aliphatic rings. The molecule has 3 heteroatoms. The van der Waals surface area contributed by atoms with Crippen LogP contribution >= 0.6 is 11.8 Å². The third-order valence-electron chi connectivity index (χ3n) is 4.59. The Labute approximate surface area is 137 Å². The highest BCUT2D eigenvalue weighted by Crippen LogP contribution is 2.27. The minimum Gasteiger partial charge on any atom is -0.355 e. The van der Waals surface area contributed by atoms with E-state index in [1.54, 1.807) is 11.8 Å². The molecular formula is C19H25NOS. The van der Waals surface area contributed by atoms with Crippen LogP contribution in [0.1, 0.15) is 49.7 Å². The molecule has 22 heavy (non-hydrogen) atoms. The molecule has 0 bridgehead atoms. The van der Waals surface area contributed by atoms with Crippen LogP contribution in [-0.2, 0) is 17.6 Å². The van der Waals surface area contributed by atoms with Gasteiger partial charge in [0.05, 0.1) is 5.75 Å². The van der Waals surface area contributed by atoms with E-state index in [0.29, 0.717) is 5.75 Å². The van der Waals surface area contributed by atoms with Gasteiger partial charge in [-0.05, 0) is 74.6 Å². The average Bonchev–Trinajstić information content (AvgIpc) is 3.01. The molecule has 0 saturated heterocycles. The van der Waals surface area contributed by atoms with Crippen molar-refractivity contribution >= 4 is 17.7 Å². The minimum absolute atomic E-state index is 0.155. The summed E-state index contributed by atoms with van der Waals surface area (Å²) in [7, 11) is 0. The molecule has 1 aromatic rings. The van der Waals surface area contributed by atoms with Crippen molar-refractivity contribution in [3.05, 3.63) is 41.0 Å². The normalized spacial score (nSPS) is 17.0. The Morgan fingerprint density at radius 2 is 2.00 bits per heavy atom. The number of fused-ring (bicyclic) bond motifs is 1. The maximum Gasteiger partial charge on any atom is 0.230 e. The van der Waals surface area contributed by atoms with Gasteiger partial charge in [-0.3, -0.25) is 4.79 Å². The van der Waals surface area contributed by atoms with Crippen molar-refractivity contribution in [2.24, 2.45) is 0 Å². The van der Waals surface area contributed by atoms with E-state index >= 15 is 0 Å². The van der Waals surface area contributed by atoms with Gasteiger partial charge in [0.1, 0.15) is 0 Å². The monoisotopic (exact) mass is 315 g/mol. The first-order chi connectivity index (χ1) is 10.8. The number of allylic oxidation sites excluding steroid dienone is 1. The largest absolute Gasteiger partial charge is 0.355 e. The maximum atomic E-state index is 11.9. The summed E-state index contributed by atoms with van der Waals surface area (Å²) < 4.78 is 0. The number of carbonyl (C=O) groups excluding carboxylic acids is 1. The highest BCUT2D eigenvalue weighted by Gasteiger charge is 2.11. The van der Waals surface area contributed by atoms with E-state index in [9.17, 15) is 4.79 Å². The summed E-state index contributed by atoms with van der Waals surface area (Å²) in [4.78, 5) is 13.2. The van der Waals surface area contributed by atoms with Crippen molar-refractivity contribution in [3.8, 4) is 0 Å². The molecule has 0 fully saturated rings. The van der Waals surface area contributed by atoms with Crippen molar-refractivity contribution < 1.29 is 4.79 Å². The number of hydrogen-bond acceptors (Lipinski definition) is 2. The summed E-state index contributed by atoms with van der Waals surface area (Å²) in [6.07, 6.45) is 12.2. The summed E-state index contributed by atoms with van der Waals surface area (Å²) in [5.41, 5.74) is 4.50. The predicted molar refractivity (Wildman–Crippen MR) is 93.4 cm³/mol. The Kier molecular flexibility index (Phi) is 5.60. The van der Waals surface area contributed by atoms with Crippen LogP contribution in [0.4, 0.5) is 0 Å². The molecule has 118 valence electrons. The molecular weight excluding hydrogens is 290 g/mol. The Hall–Kier alpha value is -1.22. The maximum absolute atomic E-state index is 11.9. The SMILES string of the molecule is O=C(CSc1ccc2c(c1)CCC2)NCCC1=CCCCC1. The fraction of sp³-hybridized carbons (Fsp3) is 0.526. The lowest BCUT2D eigenvalue weighted by atomic mass is 9.97. The highest BCUT2D eigenvalue weighted by molar-refractivity contribution is 8.00. The molecule has 1 aromatic carbocycles. The first kappa shape index (κ1) is 15.7. The van der Waals surface area contributed by atoms with E-state index in [2.05, 4.69) is 29.6 Å². The molecule has 0 heterocycles. The van der Waals surface area contributed by atoms with Crippen LogP contribution in [0.15, 0.2) is 34.7 Å². The van der Waals surface area contributed by atoms with Crippen molar-refractivity contribution in [2.75, 3.05) is 12.3 Å². The second-order valence-corrected chi connectivity index (χ2v) is 7.33. The molecule has 3 rings (SSSR count). The number of thioether (sulfide) groups is 1. The van der Waals surface area contributed by atoms with Gasteiger partial charge in [0.2, 0.25) is 5.91 Å². The molecule has 0 unspecified atom stereocenters. The van der Waals surface area contributed by atoms with Gasteiger partial charge in [0.25, 0.3) is 0 Å². The van der Waals surface area contributed by atoms with E-state index < -0.39 is 0 Å². The van der Waals surface area contributed by atoms with Crippen molar-refractivity contribution in [1.82, 2.24) is 5.32 Å². The van der Waals surface area contributed by atoms with E-state index in [1.165, 1.54) is 66.5 Å². The second kappa shape index (κ2) is 7.87. The topological polar surface area (TPSA) is 29.1 Å². The molecule has 2 nitrogen and oxygen atoms in total. The second-order valence-electron chi connectivity index (χ2n) is 6.28. The number of rotatable bonds is 6. The quantitative estimate of drug-likeness (QED) is 0.627. The Bertz CT molecular complexity index is 565. The zero-order chi connectivity index (χ0) is 15.2. The third kappa shape index (κ3) is 4.39. The van der Waals surface area contributed by atoms with Gasteiger partial charge in [-0.1, -0.05) is 17.7 Å².